The summed E-state index contributed by atoms with van der Waals surface area (Å²) in [7, 11) is 0. The van der Waals surface area contributed by atoms with Crippen molar-refractivity contribution in [2.75, 3.05) is 26.4 Å². The molecule has 0 amide bonds. The van der Waals surface area contributed by atoms with Gasteiger partial charge in [-0.25, -0.2) is 0 Å². The van der Waals surface area contributed by atoms with Crippen LogP contribution in [0.15, 0.2) is 5.18 Å². The van der Waals surface area contributed by atoms with Gasteiger partial charge in [0.05, 0.1) is 25.4 Å². The Morgan fingerprint density at radius 3 is 2.52 bits per heavy atom. The summed E-state index contributed by atoms with van der Waals surface area (Å²) < 4.78 is 12.0. The largest absolute Gasteiger partial charge is 0.396 e. The number of aliphatic hydroxyl groups excluding tert-OH is 1. The molecule has 1 N–H and O–H groups in total. The predicted molar refractivity (Wildman–Crippen MR) is 81.1 cm³/mol. The predicted octanol–water partition coefficient (Wildman–Crippen LogP) is 2.90. The van der Waals surface area contributed by atoms with Gasteiger partial charge >= 0.3 is 0 Å². The van der Waals surface area contributed by atoms with Crippen LogP contribution in [0.2, 0.25) is 0 Å². The fourth-order valence-corrected chi connectivity index (χ4v) is 3.68. The molecular weight excluding hydrogens is 270 g/mol. The SMILES string of the molecule is O=NCCCCCC1COC2C(CCCCO)CCOC12. The first-order valence-corrected chi connectivity index (χ1v) is 8.50. The molecule has 2 aliphatic heterocycles. The minimum absolute atomic E-state index is 0.263. The van der Waals surface area contributed by atoms with Crippen LogP contribution >= 0.6 is 0 Å². The first-order valence-electron chi connectivity index (χ1n) is 8.50. The van der Waals surface area contributed by atoms with E-state index >= 15 is 0 Å². The Kier molecular flexibility index (Phi) is 7.61. The van der Waals surface area contributed by atoms with Crippen LogP contribution in [0, 0.1) is 16.7 Å². The number of fused-ring (bicyclic) bond motifs is 1. The summed E-state index contributed by atoms with van der Waals surface area (Å²) >= 11 is 0. The zero-order valence-corrected chi connectivity index (χ0v) is 12.9. The van der Waals surface area contributed by atoms with Crippen LogP contribution in [0.5, 0.6) is 0 Å². The second kappa shape index (κ2) is 9.49. The summed E-state index contributed by atoms with van der Waals surface area (Å²) in [5.74, 6) is 1.11. The van der Waals surface area contributed by atoms with Crippen molar-refractivity contribution < 1.29 is 14.6 Å². The molecule has 0 saturated carbocycles. The minimum atomic E-state index is 0.263. The van der Waals surface area contributed by atoms with Crippen LogP contribution in [-0.2, 0) is 9.47 Å². The van der Waals surface area contributed by atoms with Crippen molar-refractivity contribution in [3.8, 4) is 0 Å². The van der Waals surface area contributed by atoms with Crippen LogP contribution in [0.4, 0.5) is 0 Å². The summed E-state index contributed by atoms with van der Waals surface area (Å²) in [6, 6.07) is 0. The normalized spacial score (nSPS) is 32.0. The molecule has 2 saturated heterocycles. The van der Waals surface area contributed by atoms with Crippen molar-refractivity contribution in [1.29, 1.82) is 0 Å². The molecule has 0 aliphatic carbocycles. The first-order chi connectivity index (χ1) is 10.4. The molecule has 2 fully saturated rings. The standard InChI is InChI=1S/C16H29NO4/c18-10-5-3-6-13-8-11-20-16-14(12-21-15(13)16)7-2-1-4-9-17-19/h13-16,18H,1-12H2. The molecule has 5 heteroatoms. The number of rotatable bonds is 10. The maximum atomic E-state index is 10.1. The Morgan fingerprint density at radius 2 is 1.71 bits per heavy atom. The highest BCUT2D eigenvalue weighted by atomic mass is 16.6. The van der Waals surface area contributed by atoms with Crippen molar-refractivity contribution in [3.05, 3.63) is 4.91 Å². The number of nitrogens with zero attached hydrogens (tertiary/aromatic N) is 1. The van der Waals surface area contributed by atoms with Gasteiger partial charge in [-0.1, -0.05) is 24.4 Å². The van der Waals surface area contributed by atoms with Crippen molar-refractivity contribution in [3.63, 3.8) is 0 Å². The molecule has 0 spiro atoms. The molecule has 4 atom stereocenters. The van der Waals surface area contributed by atoms with Crippen LogP contribution < -0.4 is 0 Å². The Balaban J connectivity index is 1.71. The molecular formula is C16H29NO4. The Labute approximate surface area is 127 Å². The second-order valence-corrected chi connectivity index (χ2v) is 6.36. The third-order valence-electron chi connectivity index (χ3n) is 4.86. The molecule has 2 heterocycles. The van der Waals surface area contributed by atoms with E-state index in [-0.39, 0.29) is 18.8 Å². The summed E-state index contributed by atoms with van der Waals surface area (Å²) in [6.45, 7) is 2.39. The molecule has 122 valence electrons. The highest BCUT2D eigenvalue weighted by molar-refractivity contribution is 4.91. The van der Waals surface area contributed by atoms with E-state index in [1.807, 2.05) is 0 Å². The van der Waals surface area contributed by atoms with Gasteiger partial charge in [0.15, 0.2) is 0 Å². The number of hydrogen-bond donors (Lipinski definition) is 1. The fraction of sp³-hybridized carbons (Fsp3) is 1.00. The molecule has 0 radical (unpaired) electrons. The average molecular weight is 299 g/mol. The van der Waals surface area contributed by atoms with E-state index < -0.39 is 0 Å². The maximum absolute atomic E-state index is 10.1. The molecule has 0 bridgehead atoms. The Hall–Kier alpha value is -0.520. The van der Waals surface area contributed by atoms with Crippen LogP contribution in [0.25, 0.3) is 0 Å². The Morgan fingerprint density at radius 1 is 0.952 bits per heavy atom. The monoisotopic (exact) mass is 299 g/mol. The van der Waals surface area contributed by atoms with Crippen molar-refractivity contribution >= 4 is 0 Å². The highest BCUT2D eigenvalue weighted by Gasteiger charge is 2.44. The van der Waals surface area contributed by atoms with E-state index in [0.717, 1.165) is 64.6 Å². The van der Waals surface area contributed by atoms with E-state index in [1.165, 1.54) is 0 Å². The number of aliphatic hydroxyl groups is 1. The third-order valence-corrected chi connectivity index (χ3v) is 4.86. The molecule has 2 aliphatic rings. The van der Waals surface area contributed by atoms with E-state index in [2.05, 4.69) is 5.18 Å². The number of hydrogen-bond acceptors (Lipinski definition) is 5. The molecule has 0 aromatic rings. The van der Waals surface area contributed by atoms with Crippen LogP contribution in [-0.4, -0.2) is 43.7 Å². The number of nitroso groups, excluding NO2 is 1. The molecule has 4 unspecified atom stereocenters. The summed E-state index contributed by atoms with van der Waals surface area (Å²) in [4.78, 5) is 10.1. The lowest BCUT2D eigenvalue weighted by Crippen LogP contribution is -2.40. The van der Waals surface area contributed by atoms with E-state index in [1.54, 1.807) is 0 Å². The summed E-state index contributed by atoms with van der Waals surface area (Å²) in [5, 5.41) is 11.8. The minimum Gasteiger partial charge on any atom is -0.396 e. The van der Waals surface area contributed by atoms with Gasteiger partial charge < -0.3 is 14.6 Å². The van der Waals surface area contributed by atoms with Gasteiger partial charge in [-0.05, 0) is 38.0 Å². The average Bonchev–Trinajstić information content (AvgIpc) is 2.91. The first kappa shape index (κ1) is 16.8. The zero-order valence-electron chi connectivity index (χ0n) is 12.9. The molecule has 21 heavy (non-hydrogen) atoms. The van der Waals surface area contributed by atoms with Gasteiger partial charge in [-0.15, -0.1) is 0 Å². The molecule has 0 aromatic carbocycles. The van der Waals surface area contributed by atoms with Crippen molar-refractivity contribution in [2.45, 2.75) is 63.6 Å². The summed E-state index contributed by atoms with van der Waals surface area (Å²) in [5.41, 5.74) is 0. The van der Waals surface area contributed by atoms with E-state index in [4.69, 9.17) is 14.6 Å². The van der Waals surface area contributed by atoms with Gasteiger partial charge in [-0.3, -0.25) is 0 Å². The van der Waals surface area contributed by atoms with Crippen molar-refractivity contribution in [1.82, 2.24) is 0 Å². The maximum Gasteiger partial charge on any atom is 0.0889 e. The summed E-state index contributed by atoms with van der Waals surface area (Å²) in [6.07, 6.45) is 8.96. The van der Waals surface area contributed by atoms with Gasteiger partial charge in [0, 0.05) is 19.1 Å². The molecule has 5 nitrogen and oxygen atoms in total. The van der Waals surface area contributed by atoms with Crippen LogP contribution in [0.1, 0.15) is 51.4 Å². The van der Waals surface area contributed by atoms with E-state index in [9.17, 15) is 4.91 Å². The van der Waals surface area contributed by atoms with Crippen LogP contribution in [0.3, 0.4) is 0 Å². The third kappa shape index (κ3) is 5.01. The lowest BCUT2D eigenvalue weighted by Gasteiger charge is -2.34. The van der Waals surface area contributed by atoms with Gasteiger partial charge in [0.25, 0.3) is 0 Å². The zero-order chi connectivity index (χ0) is 14.9. The van der Waals surface area contributed by atoms with Gasteiger partial charge in [0.1, 0.15) is 0 Å². The number of unbranched alkanes of at least 4 members (excludes halogenated alkanes) is 3. The van der Waals surface area contributed by atoms with Gasteiger partial charge in [-0.2, -0.15) is 4.91 Å². The lowest BCUT2D eigenvalue weighted by molar-refractivity contribution is -0.0902. The van der Waals surface area contributed by atoms with Gasteiger partial charge in [0.2, 0.25) is 0 Å². The highest BCUT2D eigenvalue weighted by Crippen LogP contribution is 2.38. The Bertz CT molecular complexity index is 300. The number of ether oxygens (including phenoxy) is 2. The van der Waals surface area contributed by atoms with E-state index in [0.29, 0.717) is 18.4 Å². The molecule has 2 rings (SSSR count). The second-order valence-electron chi connectivity index (χ2n) is 6.36. The van der Waals surface area contributed by atoms with Crippen molar-refractivity contribution in [2.24, 2.45) is 17.0 Å². The topological polar surface area (TPSA) is 68.1 Å². The fourth-order valence-electron chi connectivity index (χ4n) is 3.68. The quantitative estimate of drug-likeness (QED) is 0.497. The lowest BCUT2D eigenvalue weighted by atomic mass is 9.84. The smallest absolute Gasteiger partial charge is 0.0889 e. The molecule has 0 aromatic heterocycles.